The third-order valence-corrected chi connectivity index (χ3v) is 7.55. The van der Waals surface area contributed by atoms with Crippen molar-refractivity contribution < 1.29 is 32.3 Å². The highest BCUT2D eigenvalue weighted by Gasteiger charge is 2.51. The summed E-state index contributed by atoms with van der Waals surface area (Å²) in [7, 11) is 0. The minimum Gasteiger partial charge on any atom is -0.481 e. The van der Waals surface area contributed by atoms with Crippen LogP contribution in [0.2, 0.25) is 0 Å². The SMILES string of the molecule is O=C(O)CCC(=O)[N+]1(Cc2cccc(C(F)(F)F)c2)CCc2ccccc2C1C1CCCCC1. The van der Waals surface area contributed by atoms with Crippen LogP contribution in [0.1, 0.15) is 73.2 Å². The smallest absolute Gasteiger partial charge is 0.416 e. The Hall–Kier alpha value is -2.67. The van der Waals surface area contributed by atoms with Crippen LogP contribution in [0.5, 0.6) is 0 Å². The number of aliphatic carboxylic acids is 1. The first-order valence-electron chi connectivity index (χ1n) is 12.1. The van der Waals surface area contributed by atoms with Crippen molar-refractivity contribution >= 4 is 11.9 Å². The Kier molecular flexibility index (Phi) is 7.12. The van der Waals surface area contributed by atoms with Crippen molar-refractivity contribution in [1.29, 1.82) is 0 Å². The molecular formula is C27H31F3NO3+. The van der Waals surface area contributed by atoms with Gasteiger partial charge in [0.05, 0.1) is 24.9 Å². The number of hydrogen-bond donors (Lipinski definition) is 1. The number of hydrogen-bond acceptors (Lipinski definition) is 2. The first-order chi connectivity index (χ1) is 16.2. The van der Waals surface area contributed by atoms with Gasteiger partial charge in [0.2, 0.25) is 0 Å². The Balaban J connectivity index is 1.82. The number of alkyl halides is 3. The third kappa shape index (κ3) is 5.04. The lowest BCUT2D eigenvalue weighted by atomic mass is 9.75. The number of halogens is 3. The van der Waals surface area contributed by atoms with Crippen molar-refractivity contribution in [3.63, 3.8) is 0 Å². The molecule has 1 fully saturated rings. The number of carboxylic acids is 1. The Bertz CT molecular complexity index is 1050. The molecular weight excluding hydrogens is 443 g/mol. The number of carbonyl (C=O) groups excluding carboxylic acids is 1. The average molecular weight is 475 g/mol. The number of carbonyl (C=O) groups is 2. The molecule has 182 valence electrons. The van der Waals surface area contributed by atoms with E-state index >= 15 is 0 Å². The lowest BCUT2D eigenvalue weighted by molar-refractivity contribution is -0.905. The number of quaternary nitrogens is 1. The molecule has 0 saturated heterocycles. The number of benzene rings is 2. The molecule has 1 N–H and O–H groups in total. The highest BCUT2D eigenvalue weighted by molar-refractivity contribution is 5.76. The molecule has 4 nitrogen and oxygen atoms in total. The molecule has 2 aromatic carbocycles. The lowest BCUT2D eigenvalue weighted by Crippen LogP contribution is -2.59. The molecule has 0 bridgehead atoms. The van der Waals surface area contributed by atoms with Gasteiger partial charge in [-0.05, 0) is 30.5 Å². The molecule has 1 heterocycles. The van der Waals surface area contributed by atoms with Gasteiger partial charge >= 0.3 is 18.1 Å². The molecule has 2 aromatic rings. The molecule has 2 aliphatic rings. The molecule has 1 aliphatic heterocycles. The standard InChI is InChI=1S/C27H30F3NO3/c28-27(29,30)22-11-6-7-19(17-22)18-31(24(32)13-14-25(33)34)16-15-20-8-4-5-12-23(20)26(31)21-9-2-1-3-10-21/h4-8,11-12,17,21,26H,1-3,9-10,13-16,18H2/p+1. The predicted molar refractivity (Wildman–Crippen MR) is 122 cm³/mol. The van der Waals surface area contributed by atoms with E-state index < -0.39 is 17.7 Å². The van der Waals surface area contributed by atoms with E-state index in [1.54, 1.807) is 6.07 Å². The Morgan fingerprint density at radius 1 is 0.971 bits per heavy atom. The predicted octanol–water partition coefficient (Wildman–Crippen LogP) is 6.29. The Morgan fingerprint density at radius 2 is 1.71 bits per heavy atom. The fraction of sp³-hybridized carbons (Fsp3) is 0.481. The van der Waals surface area contributed by atoms with E-state index in [0.717, 1.165) is 49.8 Å². The van der Waals surface area contributed by atoms with Crippen LogP contribution in [-0.2, 0) is 28.7 Å². The molecule has 0 aromatic heterocycles. The second-order valence-corrected chi connectivity index (χ2v) is 9.69. The van der Waals surface area contributed by atoms with E-state index in [0.29, 0.717) is 18.5 Å². The van der Waals surface area contributed by atoms with E-state index in [1.807, 2.05) is 12.1 Å². The van der Waals surface area contributed by atoms with Gasteiger partial charge in [-0.2, -0.15) is 13.2 Å². The van der Waals surface area contributed by atoms with Crippen LogP contribution >= 0.6 is 0 Å². The molecule has 4 rings (SSSR count). The van der Waals surface area contributed by atoms with Gasteiger partial charge in [-0.1, -0.05) is 55.7 Å². The molecule has 34 heavy (non-hydrogen) atoms. The van der Waals surface area contributed by atoms with Crippen LogP contribution in [0.4, 0.5) is 13.2 Å². The van der Waals surface area contributed by atoms with E-state index in [2.05, 4.69) is 12.1 Å². The van der Waals surface area contributed by atoms with Crippen LogP contribution in [0.15, 0.2) is 48.5 Å². The van der Waals surface area contributed by atoms with Crippen LogP contribution in [0.3, 0.4) is 0 Å². The maximum atomic E-state index is 13.9. The topological polar surface area (TPSA) is 54.4 Å². The molecule has 7 heteroatoms. The maximum absolute atomic E-state index is 13.9. The fourth-order valence-electron chi connectivity index (χ4n) is 6.04. The fourth-order valence-corrected chi connectivity index (χ4v) is 6.04. The summed E-state index contributed by atoms with van der Waals surface area (Å²) in [4.78, 5) is 25.2. The van der Waals surface area contributed by atoms with Crippen molar-refractivity contribution in [3.8, 4) is 0 Å². The summed E-state index contributed by atoms with van der Waals surface area (Å²) < 4.78 is 40.3. The van der Waals surface area contributed by atoms with Crippen LogP contribution in [0, 0.1) is 5.92 Å². The minimum absolute atomic E-state index is 0.00370. The van der Waals surface area contributed by atoms with Crippen LogP contribution in [0.25, 0.3) is 0 Å². The van der Waals surface area contributed by atoms with Crippen molar-refractivity contribution in [2.45, 2.75) is 70.1 Å². The summed E-state index contributed by atoms with van der Waals surface area (Å²) >= 11 is 0. The van der Waals surface area contributed by atoms with Gasteiger partial charge in [0.25, 0.3) is 0 Å². The Labute approximate surface area is 198 Å². The molecule has 2 atom stereocenters. The molecule has 1 aliphatic carbocycles. The number of rotatable bonds is 6. The largest absolute Gasteiger partial charge is 0.481 e. The summed E-state index contributed by atoms with van der Waals surface area (Å²) in [6.45, 7) is 0.602. The van der Waals surface area contributed by atoms with Gasteiger partial charge in [0, 0.05) is 23.5 Å². The number of fused-ring (bicyclic) bond motifs is 1. The quantitative estimate of drug-likeness (QED) is 0.501. The molecule has 1 saturated carbocycles. The molecule has 2 unspecified atom stereocenters. The van der Waals surface area contributed by atoms with Crippen molar-refractivity contribution in [2.75, 3.05) is 6.54 Å². The van der Waals surface area contributed by atoms with E-state index in [1.165, 1.54) is 11.6 Å². The van der Waals surface area contributed by atoms with Gasteiger partial charge in [-0.25, -0.2) is 4.79 Å². The average Bonchev–Trinajstić information content (AvgIpc) is 2.82. The van der Waals surface area contributed by atoms with Gasteiger partial charge in [-0.15, -0.1) is 0 Å². The number of nitrogens with zero attached hydrogens (tertiary/aromatic N) is 1. The first kappa shape index (κ1) is 24.5. The summed E-state index contributed by atoms with van der Waals surface area (Å²) in [5, 5.41) is 9.25. The molecule has 0 radical (unpaired) electrons. The molecule has 1 amide bonds. The second-order valence-electron chi connectivity index (χ2n) is 9.69. The van der Waals surface area contributed by atoms with Crippen LogP contribution < -0.4 is 0 Å². The third-order valence-electron chi connectivity index (χ3n) is 7.55. The van der Waals surface area contributed by atoms with E-state index in [9.17, 15) is 27.9 Å². The zero-order chi connectivity index (χ0) is 24.3. The van der Waals surface area contributed by atoms with Crippen molar-refractivity contribution in [1.82, 2.24) is 0 Å². The Morgan fingerprint density at radius 3 is 2.41 bits per heavy atom. The van der Waals surface area contributed by atoms with Crippen molar-refractivity contribution in [2.24, 2.45) is 5.92 Å². The minimum atomic E-state index is -4.47. The second kappa shape index (κ2) is 9.90. The van der Waals surface area contributed by atoms with Gasteiger partial charge in [0.1, 0.15) is 12.6 Å². The number of amides is 1. The van der Waals surface area contributed by atoms with Crippen LogP contribution in [-0.4, -0.2) is 28.0 Å². The summed E-state index contributed by atoms with van der Waals surface area (Å²) in [6.07, 6.45) is 0.974. The summed E-state index contributed by atoms with van der Waals surface area (Å²) in [5.41, 5.74) is 2.00. The molecule has 0 spiro atoms. The van der Waals surface area contributed by atoms with Gasteiger partial charge in [-0.3, -0.25) is 9.28 Å². The van der Waals surface area contributed by atoms with E-state index in [-0.39, 0.29) is 41.7 Å². The van der Waals surface area contributed by atoms with Crippen molar-refractivity contribution in [3.05, 3.63) is 70.8 Å². The van der Waals surface area contributed by atoms with Gasteiger partial charge in [0.15, 0.2) is 0 Å². The highest BCUT2D eigenvalue weighted by atomic mass is 19.4. The zero-order valence-corrected chi connectivity index (χ0v) is 19.2. The van der Waals surface area contributed by atoms with Gasteiger partial charge < -0.3 is 5.11 Å². The first-order valence-corrected chi connectivity index (χ1v) is 12.1. The summed E-state index contributed by atoms with van der Waals surface area (Å²) in [5.74, 6) is -1.00. The lowest BCUT2D eigenvalue weighted by Gasteiger charge is -2.50. The number of carboxylic acid groups (broad SMARTS) is 1. The normalized spacial score (nSPS) is 23.3. The monoisotopic (exact) mass is 474 g/mol. The highest BCUT2D eigenvalue weighted by Crippen LogP contribution is 2.48. The zero-order valence-electron chi connectivity index (χ0n) is 19.2. The summed E-state index contributed by atoms with van der Waals surface area (Å²) in [6, 6.07) is 13.1. The van der Waals surface area contributed by atoms with E-state index in [4.69, 9.17) is 0 Å². The maximum Gasteiger partial charge on any atom is 0.416 e.